The van der Waals surface area contributed by atoms with Crippen molar-refractivity contribution in [3.05, 3.63) is 27.1 Å². The van der Waals surface area contributed by atoms with Crippen LogP contribution in [0, 0.1) is 10.5 Å². The van der Waals surface area contributed by atoms with Gasteiger partial charge in [-0.05, 0) is 0 Å². The van der Waals surface area contributed by atoms with Gasteiger partial charge in [0.1, 0.15) is 17.9 Å². The zero-order chi connectivity index (χ0) is 25.6. The summed E-state index contributed by atoms with van der Waals surface area (Å²) in [5.74, 6) is -5.34. The van der Waals surface area contributed by atoms with Gasteiger partial charge in [0.05, 0.1) is 6.20 Å². The van der Waals surface area contributed by atoms with Gasteiger partial charge in [0.25, 0.3) is 5.85 Å². The van der Waals surface area contributed by atoms with Crippen LogP contribution in [0.25, 0.3) is 0 Å². The molecule has 6 N–H and O–H groups in total. The Hall–Kier alpha value is -0.850. The van der Waals surface area contributed by atoms with E-state index in [-0.39, 0.29) is 10.8 Å². The van der Waals surface area contributed by atoms with Crippen molar-refractivity contribution in [2.24, 2.45) is 0 Å². The average Bonchev–Trinajstić information content (AvgIpc) is 2.82. The number of aliphatic hydroxyl groups is 1. The summed E-state index contributed by atoms with van der Waals surface area (Å²) in [5.41, 5.74) is -5.26. The first-order valence-electron chi connectivity index (χ1n) is 7.84. The first-order valence-corrected chi connectivity index (χ1v) is 12.8. The Morgan fingerprint density at radius 1 is 1.18 bits per heavy atom. The highest BCUT2D eigenvalue weighted by Gasteiger charge is 2.68. The number of ether oxygens (including phenoxy) is 1. The standard InChI is InChI=1S/C10H13F4N2O13P3S/c11-2-9(13)6(17)10(14,27-7(9)16-1-4(12)5(33)15-8(16)18)3-26-31(22,23)29-32(24,25)28-30(19,20)21/h1,6-7,17H,2-3H2,(H,22,23)(H,24,25)(H,15,18,33)(H2,19,20,21)/t6?,7-,9-,10-/m1/s1. The molecular formula is C10H13F4N2O13P3S. The summed E-state index contributed by atoms with van der Waals surface area (Å²) in [6, 6.07) is 0. The minimum Gasteiger partial charge on any atom is -0.383 e. The third-order valence-electron chi connectivity index (χ3n) is 3.80. The fourth-order valence-electron chi connectivity index (χ4n) is 2.49. The molecular weight excluding hydrogens is 557 g/mol. The van der Waals surface area contributed by atoms with Gasteiger partial charge in [0.15, 0.2) is 18.1 Å². The van der Waals surface area contributed by atoms with Crippen molar-refractivity contribution in [2.45, 2.75) is 23.9 Å². The Balaban J connectivity index is 2.31. The molecule has 0 bridgehead atoms. The summed E-state index contributed by atoms with van der Waals surface area (Å²) >= 11 is 4.42. The van der Waals surface area contributed by atoms with Crippen molar-refractivity contribution in [2.75, 3.05) is 13.3 Å². The lowest BCUT2D eigenvalue weighted by Gasteiger charge is -2.26. The highest BCUT2D eigenvalue weighted by atomic mass is 32.1. The normalized spacial score (nSPS) is 31.8. The predicted octanol–water partition coefficient (Wildman–Crippen LogP) is 0.622. The van der Waals surface area contributed by atoms with Gasteiger partial charge in [0.2, 0.25) is 5.67 Å². The van der Waals surface area contributed by atoms with E-state index in [2.05, 4.69) is 30.1 Å². The van der Waals surface area contributed by atoms with E-state index in [0.29, 0.717) is 0 Å². The minimum atomic E-state index is -6.00. The lowest BCUT2D eigenvalue weighted by atomic mass is 9.96. The average molecular weight is 570 g/mol. The molecule has 1 fully saturated rings. The van der Waals surface area contributed by atoms with E-state index in [1.165, 1.54) is 0 Å². The van der Waals surface area contributed by atoms with Crippen LogP contribution in [0.3, 0.4) is 0 Å². The molecule has 1 saturated heterocycles. The van der Waals surface area contributed by atoms with Crippen LogP contribution in [0.15, 0.2) is 11.0 Å². The molecule has 0 amide bonds. The summed E-state index contributed by atoms with van der Waals surface area (Å²) < 4.78 is 105. The number of phosphoric ester groups is 1. The van der Waals surface area contributed by atoms with Crippen molar-refractivity contribution < 1.29 is 73.8 Å². The fraction of sp³-hybridized carbons (Fsp3) is 0.600. The van der Waals surface area contributed by atoms with Crippen LogP contribution >= 0.6 is 35.7 Å². The van der Waals surface area contributed by atoms with Crippen LogP contribution in [0.2, 0.25) is 0 Å². The van der Waals surface area contributed by atoms with E-state index in [4.69, 9.17) is 14.7 Å². The second-order valence-corrected chi connectivity index (χ2v) is 11.1. The van der Waals surface area contributed by atoms with Crippen LogP contribution < -0.4 is 5.69 Å². The number of phosphoric acid groups is 3. The van der Waals surface area contributed by atoms with E-state index < -0.39 is 76.8 Å². The van der Waals surface area contributed by atoms with Crippen molar-refractivity contribution in [3.8, 4) is 0 Å². The summed E-state index contributed by atoms with van der Waals surface area (Å²) in [6.07, 6.45) is -5.76. The maximum absolute atomic E-state index is 15.1. The van der Waals surface area contributed by atoms with E-state index in [0.717, 1.165) is 0 Å². The molecule has 6 atom stereocenters. The van der Waals surface area contributed by atoms with Gasteiger partial charge < -0.3 is 29.4 Å². The minimum absolute atomic E-state index is 0.0555. The predicted molar refractivity (Wildman–Crippen MR) is 95.4 cm³/mol. The van der Waals surface area contributed by atoms with Crippen LogP contribution in [-0.2, 0) is 31.6 Å². The molecule has 0 radical (unpaired) electrons. The van der Waals surface area contributed by atoms with Crippen molar-refractivity contribution >= 4 is 35.7 Å². The van der Waals surface area contributed by atoms with E-state index in [1.807, 2.05) is 0 Å². The molecule has 23 heteroatoms. The molecule has 1 aliphatic rings. The zero-order valence-corrected chi connectivity index (χ0v) is 18.9. The number of aromatic nitrogens is 2. The number of hydrogen-bond acceptors (Lipinski definition) is 10. The van der Waals surface area contributed by atoms with Gasteiger partial charge in [-0.3, -0.25) is 14.1 Å². The monoisotopic (exact) mass is 570 g/mol. The molecule has 0 aromatic carbocycles. The molecule has 0 saturated carbocycles. The second-order valence-electron chi connectivity index (χ2n) is 6.23. The highest BCUT2D eigenvalue weighted by Crippen LogP contribution is 2.66. The van der Waals surface area contributed by atoms with Crippen LogP contribution in [0.5, 0.6) is 0 Å². The van der Waals surface area contributed by atoms with Crippen molar-refractivity contribution in [3.63, 3.8) is 0 Å². The van der Waals surface area contributed by atoms with Crippen LogP contribution in [0.1, 0.15) is 6.23 Å². The van der Waals surface area contributed by atoms with E-state index >= 15 is 8.78 Å². The summed E-state index contributed by atoms with van der Waals surface area (Å²) in [7, 11) is -17.7. The molecule has 2 rings (SSSR count). The Kier molecular flexibility index (Phi) is 8.01. The third-order valence-corrected chi connectivity index (χ3v) is 7.88. The molecule has 3 unspecified atom stereocenters. The number of halogens is 4. The number of hydrogen-bond donors (Lipinski definition) is 6. The lowest BCUT2D eigenvalue weighted by molar-refractivity contribution is -0.205. The summed E-state index contributed by atoms with van der Waals surface area (Å²) in [5, 5.41) is 9.92. The lowest BCUT2D eigenvalue weighted by Crippen LogP contribution is -2.50. The first-order chi connectivity index (χ1) is 14.8. The van der Waals surface area contributed by atoms with Gasteiger partial charge in [-0.1, -0.05) is 12.2 Å². The van der Waals surface area contributed by atoms with Gasteiger partial charge in [-0.15, -0.1) is 0 Å². The molecule has 0 spiro atoms. The number of nitrogens with zero attached hydrogens (tertiary/aromatic N) is 1. The number of aromatic amines is 1. The van der Waals surface area contributed by atoms with Crippen LogP contribution in [0.4, 0.5) is 17.6 Å². The molecule has 33 heavy (non-hydrogen) atoms. The van der Waals surface area contributed by atoms with Crippen LogP contribution in [-0.4, -0.2) is 65.1 Å². The fourth-order valence-corrected chi connectivity index (χ4v) is 5.66. The highest BCUT2D eigenvalue weighted by molar-refractivity contribution is 7.71. The van der Waals surface area contributed by atoms with Crippen molar-refractivity contribution in [1.29, 1.82) is 0 Å². The Labute approximate surface area is 184 Å². The number of rotatable bonds is 9. The van der Waals surface area contributed by atoms with E-state index in [1.54, 1.807) is 4.98 Å². The SMILES string of the molecule is O=c1[nH]c(=S)c(F)cn1[C@@H]1O[C@](F)(COP(=O)(O)OP(=O)(O)OP(=O)(O)O)C(O)[C@]1(F)CF. The molecule has 2 heterocycles. The van der Waals surface area contributed by atoms with E-state index in [9.17, 15) is 37.3 Å². The Morgan fingerprint density at radius 3 is 2.27 bits per heavy atom. The zero-order valence-electron chi connectivity index (χ0n) is 15.4. The number of H-pyrrole nitrogens is 1. The molecule has 1 aromatic rings. The molecule has 1 aromatic heterocycles. The quantitative estimate of drug-likeness (QED) is 0.136. The van der Waals surface area contributed by atoms with Gasteiger partial charge in [0, 0.05) is 0 Å². The summed E-state index contributed by atoms with van der Waals surface area (Å²) in [4.78, 5) is 48.8. The van der Waals surface area contributed by atoms with Crippen molar-refractivity contribution in [1.82, 2.24) is 9.55 Å². The molecule has 190 valence electrons. The largest absolute Gasteiger partial charge is 0.490 e. The molecule has 1 aliphatic heterocycles. The Morgan fingerprint density at radius 2 is 1.76 bits per heavy atom. The number of alkyl halides is 3. The first kappa shape index (κ1) is 28.4. The maximum Gasteiger partial charge on any atom is 0.490 e. The topological polar surface area (TPSA) is 227 Å². The maximum atomic E-state index is 15.1. The third kappa shape index (κ3) is 6.43. The van der Waals surface area contributed by atoms with Gasteiger partial charge in [-0.2, -0.15) is 8.62 Å². The smallest absolute Gasteiger partial charge is 0.383 e. The van der Waals surface area contributed by atoms with Gasteiger partial charge >= 0.3 is 29.2 Å². The second kappa shape index (κ2) is 9.31. The number of nitrogens with one attached hydrogen (secondary N) is 1. The number of aliphatic hydroxyl groups excluding tert-OH is 1. The molecule has 15 nitrogen and oxygen atoms in total. The molecule has 0 aliphatic carbocycles. The Bertz CT molecular complexity index is 1180. The summed E-state index contributed by atoms with van der Waals surface area (Å²) in [6.45, 7) is -4.30. The van der Waals surface area contributed by atoms with Gasteiger partial charge in [-0.25, -0.2) is 36.1 Å².